The maximum Gasteiger partial charge on any atom is 0.246 e. The minimum Gasteiger partial charge on any atom is -0.374 e. The molecule has 0 bridgehead atoms. The Kier molecular flexibility index (Phi) is 5.26. The molecule has 1 heterocycles. The third-order valence-corrected chi connectivity index (χ3v) is 4.66. The fourth-order valence-corrected chi connectivity index (χ4v) is 3.15. The Balaban J connectivity index is 1.64. The lowest BCUT2D eigenvalue weighted by atomic mass is 10.1. The summed E-state index contributed by atoms with van der Waals surface area (Å²) in [4.78, 5) is 26.2. The Bertz CT molecular complexity index is 815. The highest BCUT2D eigenvalue weighted by atomic mass is 16.2. The molecule has 0 unspecified atom stereocenters. The van der Waals surface area contributed by atoms with E-state index in [1.54, 1.807) is 0 Å². The normalized spacial score (nSPS) is 15.0. The number of rotatable bonds is 5. The van der Waals surface area contributed by atoms with E-state index in [9.17, 15) is 9.59 Å². The average Bonchev–Trinajstić information content (AvgIpc) is 3.03. The van der Waals surface area contributed by atoms with Crippen molar-refractivity contribution >= 4 is 28.9 Å². The number of hydrogen-bond acceptors (Lipinski definition) is 3. The van der Waals surface area contributed by atoms with Gasteiger partial charge in [-0.1, -0.05) is 17.7 Å². The summed E-state index contributed by atoms with van der Waals surface area (Å²) in [5.74, 6) is 0.0879. The van der Waals surface area contributed by atoms with E-state index >= 15 is 0 Å². The average molecular weight is 351 g/mol. The zero-order chi connectivity index (χ0) is 18.7. The molecule has 1 fully saturated rings. The van der Waals surface area contributed by atoms with Crippen molar-refractivity contribution in [2.75, 3.05) is 22.1 Å². The highest BCUT2D eigenvalue weighted by Gasteiger charge is 2.23. The Morgan fingerprint density at radius 2 is 1.77 bits per heavy atom. The Morgan fingerprint density at radius 3 is 2.38 bits per heavy atom. The number of nitrogens with zero attached hydrogens (tertiary/aromatic N) is 1. The van der Waals surface area contributed by atoms with Crippen LogP contribution in [0.3, 0.4) is 0 Å². The fraction of sp³-hybridized carbons (Fsp3) is 0.333. The predicted molar refractivity (Wildman–Crippen MR) is 106 cm³/mol. The number of aryl methyl sites for hydroxylation is 2. The first-order chi connectivity index (χ1) is 12.4. The van der Waals surface area contributed by atoms with E-state index in [0.29, 0.717) is 6.42 Å². The largest absolute Gasteiger partial charge is 0.374 e. The number of hydrogen-bond donors (Lipinski definition) is 2. The Labute approximate surface area is 154 Å². The zero-order valence-electron chi connectivity index (χ0n) is 15.5. The molecule has 0 spiro atoms. The number of anilines is 3. The van der Waals surface area contributed by atoms with Gasteiger partial charge in [0.05, 0.1) is 0 Å². The molecule has 5 nitrogen and oxygen atoms in total. The second kappa shape index (κ2) is 7.60. The van der Waals surface area contributed by atoms with Gasteiger partial charge in [-0.2, -0.15) is 0 Å². The van der Waals surface area contributed by atoms with E-state index in [4.69, 9.17) is 0 Å². The highest BCUT2D eigenvalue weighted by molar-refractivity contribution is 5.97. The van der Waals surface area contributed by atoms with Gasteiger partial charge >= 0.3 is 0 Å². The van der Waals surface area contributed by atoms with Crippen LogP contribution in [0, 0.1) is 13.8 Å². The van der Waals surface area contributed by atoms with E-state index < -0.39 is 0 Å². The summed E-state index contributed by atoms with van der Waals surface area (Å²) in [5, 5.41) is 6.14. The van der Waals surface area contributed by atoms with Gasteiger partial charge < -0.3 is 15.5 Å². The van der Waals surface area contributed by atoms with Crippen LogP contribution in [0.5, 0.6) is 0 Å². The van der Waals surface area contributed by atoms with Gasteiger partial charge in [-0.25, -0.2) is 0 Å². The number of benzene rings is 2. The molecule has 2 aromatic carbocycles. The molecule has 1 saturated heterocycles. The van der Waals surface area contributed by atoms with Crippen LogP contribution >= 0.6 is 0 Å². The highest BCUT2D eigenvalue weighted by Crippen LogP contribution is 2.27. The van der Waals surface area contributed by atoms with Crippen molar-refractivity contribution in [1.82, 2.24) is 0 Å². The molecule has 1 aliphatic heterocycles. The maximum atomic E-state index is 12.4. The van der Waals surface area contributed by atoms with Crippen molar-refractivity contribution < 1.29 is 9.59 Å². The predicted octanol–water partition coefficient (Wildman–Crippen LogP) is 3.87. The lowest BCUT2D eigenvalue weighted by molar-refractivity contribution is -0.117. The SMILES string of the molecule is Cc1ccc(NC(=O)[C@@H](C)Nc2ccc(N3CCCC3=O)c(C)c2)cc1. The van der Waals surface area contributed by atoms with Gasteiger partial charge in [-0.3, -0.25) is 9.59 Å². The van der Waals surface area contributed by atoms with Gasteiger partial charge in [0.15, 0.2) is 0 Å². The van der Waals surface area contributed by atoms with Crippen LogP contribution in [0.15, 0.2) is 42.5 Å². The first-order valence-electron chi connectivity index (χ1n) is 8.99. The van der Waals surface area contributed by atoms with Crippen LogP contribution in [0.25, 0.3) is 0 Å². The van der Waals surface area contributed by atoms with E-state index in [1.807, 2.05) is 68.1 Å². The smallest absolute Gasteiger partial charge is 0.246 e. The molecule has 3 rings (SSSR count). The van der Waals surface area contributed by atoms with E-state index in [-0.39, 0.29) is 17.9 Å². The molecule has 0 aromatic heterocycles. The lowest BCUT2D eigenvalue weighted by Gasteiger charge is -2.20. The van der Waals surface area contributed by atoms with Gasteiger partial charge in [0.2, 0.25) is 11.8 Å². The Morgan fingerprint density at radius 1 is 1.08 bits per heavy atom. The van der Waals surface area contributed by atoms with Crippen LogP contribution in [0.4, 0.5) is 17.1 Å². The van der Waals surface area contributed by atoms with Gasteiger partial charge in [-0.15, -0.1) is 0 Å². The van der Waals surface area contributed by atoms with Crippen molar-refractivity contribution in [3.05, 3.63) is 53.6 Å². The molecule has 0 saturated carbocycles. The quantitative estimate of drug-likeness (QED) is 0.860. The van der Waals surface area contributed by atoms with Crippen molar-refractivity contribution in [3.63, 3.8) is 0 Å². The summed E-state index contributed by atoms with van der Waals surface area (Å²) in [6.45, 7) is 6.61. The standard InChI is InChI=1S/C21H25N3O2/c1-14-6-8-17(9-7-14)23-21(26)16(3)22-18-10-11-19(15(2)13-18)24-12-4-5-20(24)25/h6-11,13,16,22H,4-5,12H2,1-3H3,(H,23,26)/t16-/m1/s1. The van der Waals surface area contributed by atoms with Crippen LogP contribution in [-0.2, 0) is 9.59 Å². The van der Waals surface area contributed by atoms with E-state index in [1.165, 1.54) is 0 Å². The summed E-state index contributed by atoms with van der Waals surface area (Å²) >= 11 is 0. The summed E-state index contributed by atoms with van der Waals surface area (Å²) in [7, 11) is 0. The zero-order valence-corrected chi connectivity index (χ0v) is 15.5. The van der Waals surface area contributed by atoms with Crippen molar-refractivity contribution in [2.45, 2.75) is 39.7 Å². The second-order valence-corrected chi connectivity index (χ2v) is 6.87. The molecule has 0 radical (unpaired) electrons. The topological polar surface area (TPSA) is 61.4 Å². The van der Waals surface area contributed by atoms with Gasteiger partial charge in [0.1, 0.15) is 6.04 Å². The maximum absolute atomic E-state index is 12.4. The lowest BCUT2D eigenvalue weighted by Crippen LogP contribution is -2.32. The van der Waals surface area contributed by atoms with Crippen LogP contribution < -0.4 is 15.5 Å². The van der Waals surface area contributed by atoms with Crippen LogP contribution in [0.1, 0.15) is 30.9 Å². The number of carbonyl (C=O) groups is 2. The first kappa shape index (κ1) is 18.0. The van der Waals surface area contributed by atoms with E-state index in [0.717, 1.165) is 41.2 Å². The van der Waals surface area contributed by atoms with Crippen molar-refractivity contribution in [2.24, 2.45) is 0 Å². The third kappa shape index (κ3) is 4.04. The molecule has 1 aliphatic rings. The number of nitrogens with one attached hydrogen (secondary N) is 2. The molecule has 5 heteroatoms. The molecule has 0 aliphatic carbocycles. The van der Waals surface area contributed by atoms with Crippen LogP contribution in [0.2, 0.25) is 0 Å². The second-order valence-electron chi connectivity index (χ2n) is 6.87. The molecule has 1 atom stereocenters. The van der Waals surface area contributed by atoms with Gasteiger partial charge in [0.25, 0.3) is 0 Å². The van der Waals surface area contributed by atoms with Crippen molar-refractivity contribution in [1.29, 1.82) is 0 Å². The fourth-order valence-electron chi connectivity index (χ4n) is 3.15. The number of carbonyl (C=O) groups excluding carboxylic acids is 2. The summed E-state index contributed by atoms with van der Waals surface area (Å²) < 4.78 is 0. The molecule has 26 heavy (non-hydrogen) atoms. The first-order valence-corrected chi connectivity index (χ1v) is 8.99. The molecular formula is C21H25N3O2. The minimum absolute atomic E-state index is 0.0923. The van der Waals surface area contributed by atoms with Crippen molar-refractivity contribution in [3.8, 4) is 0 Å². The van der Waals surface area contributed by atoms with Crippen LogP contribution in [-0.4, -0.2) is 24.4 Å². The minimum atomic E-state index is -0.380. The Hall–Kier alpha value is -2.82. The summed E-state index contributed by atoms with van der Waals surface area (Å²) in [6.07, 6.45) is 1.53. The van der Waals surface area contributed by atoms with Gasteiger partial charge in [0, 0.05) is 30.0 Å². The van der Waals surface area contributed by atoms with Gasteiger partial charge in [-0.05, 0) is 63.1 Å². The molecular weight excluding hydrogens is 326 g/mol. The summed E-state index contributed by atoms with van der Waals surface area (Å²) in [5.41, 5.74) is 4.78. The molecule has 2 N–H and O–H groups in total. The number of amides is 2. The third-order valence-electron chi connectivity index (χ3n) is 4.66. The monoisotopic (exact) mass is 351 g/mol. The molecule has 2 amide bonds. The van der Waals surface area contributed by atoms with E-state index in [2.05, 4.69) is 10.6 Å². The summed E-state index contributed by atoms with van der Waals surface area (Å²) in [6, 6.07) is 13.2. The molecule has 2 aromatic rings. The molecule has 136 valence electrons.